The third-order valence-corrected chi connectivity index (χ3v) is 5.48. The summed E-state index contributed by atoms with van der Waals surface area (Å²) in [5.41, 5.74) is 1.79. The van der Waals surface area contributed by atoms with Crippen molar-refractivity contribution in [2.75, 3.05) is 6.54 Å². The van der Waals surface area contributed by atoms with Gasteiger partial charge in [0.1, 0.15) is 5.82 Å². The quantitative estimate of drug-likeness (QED) is 0.911. The van der Waals surface area contributed by atoms with Crippen LogP contribution in [0.3, 0.4) is 0 Å². The number of imidazole rings is 1. The Hall–Kier alpha value is -1.88. The zero-order valence-electron chi connectivity index (χ0n) is 14.0. The first-order chi connectivity index (χ1) is 11.0. The van der Waals surface area contributed by atoms with Crippen LogP contribution in [0, 0.1) is 18.8 Å². The van der Waals surface area contributed by atoms with Gasteiger partial charge in [-0.1, -0.05) is 6.07 Å². The van der Waals surface area contributed by atoms with Crippen LogP contribution in [0.5, 0.6) is 0 Å². The molecule has 3 atom stereocenters. The minimum atomic E-state index is -0.493. The van der Waals surface area contributed by atoms with E-state index in [1.807, 2.05) is 32.3 Å². The van der Waals surface area contributed by atoms with E-state index in [2.05, 4.69) is 33.0 Å². The van der Waals surface area contributed by atoms with Crippen molar-refractivity contribution >= 4 is 11.4 Å². The lowest BCUT2D eigenvalue weighted by Gasteiger charge is -2.29. The molecule has 2 fully saturated rings. The molecule has 5 heteroatoms. The standard InChI is InChI=1S/C18H24N4O/c1-11-5-4-6-22-15(11)10-20-17(22)18(2,3)21-16(23)14-8-13-7-12(14)9-19-13/h4-6,10,12-14,19H,7-9H2,1-3H3,(H,21,23). The maximum absolute atomic E-state index is 12.8. The van der Waals surface area contributed by atoms with Gasteiger partial charge in [0.05, 0.1) is 17.3 Å². The lowest BCUT2D eigenvalue weighted by Crippen LogP contribution is -2.47. The zero-order chi connectivity index (χ0) is 16.2. The van der Waals surface area contributed by atoms with Gasteiger partial charge in [-0.05, 0) is 57.7 Å². The van der Waals surface area contributed by atoms with Crippen LogP contribution in [0.1, 0.15) is 38.1 Å². The second-order valence-corrected chi connectivity index (χ2v) is 7.59. The first kappa shape index (κ1) is 14.7. The van der Waals surface area contributed by atoms with Gasteiger partial charge in [0.2, 0.25) is 5.91 Å². The number of amides is 1. The Morgan fingerprint density at radius 3 is 2.96 bits per heavy atom. The molecule has 1 aliphatic carbocycles. The molecule has 3 heterocycles. The first-order valence-electron chi connectivity index (χ1n) is 8.44. The predicted molar refractivity (Wildman–Crippen MR) is 89.1 cm³/mol. The molecule has 2 aromatic heterocycles. The Kier molecular flexibility index (Phi) is 3.23. The van der Waals surface area contributed by atoms with E-state index in [0.717, 1.165) is 30.7 Å². The number of aromatic nitrogens is 2. The molecule has 2 aromatic rings. The molecule has 3 unspecified atom stereocenters. The second kappa shape index (κ2) is 5.06. The van der Waals surface area contributed by atoms with Gasteiger partial charge in [-0.2, -0.15) is 0 Å². The summed E-state index contributed by atoms with van der Waals surface area (Å²) in [5.74, 6) is 1.70. The Labute approximate surface area is 136 Å². The second-order valence-electron chi connectivity index (χ2n) is 7.59. The van der Waals surface area contributed by atoms with Crippen molar-refractivity contribution in [3.63, 3.8) is 0 Å². The minimum Gasteiger partial charge on any atom is -0.344 e. The molecular weight excluding hydrogens is 288 g/mol. The molecule has 23 heavy (non-hydrogen) atoms. The molecule has 0 spiro atoms. The summed E-state index contributed by atoms with van der Waals surface area (Å²) in [6, 6.07) is 4.63. The molecule has 122 valence electrons. The molecule has 1 saturated carbocycles. The molecule has 0 radical (unpaired) electrons. The number of hydrogen-bond acceptors (Lipinski definition) is 3. The van der Waals surface area contributed by atoms with Gasteiger partial charge in [0, 0.05) is 18.2 Å². The maximum atomic E-state index is 12.8. The highest BCUT2D eigenvalue weighted by atomic mass is 16.2. The van der Waals surface area contributed by atoms with Crippen molar-refractivity contribution < 1.29 is 4.79 Å². The van der Waals surface area contributed by atoms with Crippen LogP contribution in [0.2, 0.25) is 0 Å². The van der Waals surface area contributed by atoms with E-state index in [4.69, 9.17) is 0 Å². The Morgan fingerprint density at radius 2 is 2.26 bits per heavy atom. The lowest BCUT2D eigenvalue weighted by atomic mass is 9.92. The van der Waals surface area contributed by atoms with Gasteiger partial charge in [0.15, 0.2) is 0 Å². The molecule has 0 aromatic carbocycles. The molecule has 2 aliphatic rings. The Morgan fingerprint density at radius 1 is 1.43 bits per heavy atom. The molecule has 2 N–H and O–H groups in total. The number of carbonyl (C=O) groups excluding carboxylic acids is 1. The van der Waals surface area contributed by atoms with Crippen molar-refractivity contribution in [1.29, 1.82) is 0 Å². The third kappa shape index (κ3) is 2.34. The van der Waals surface area contributed by atoms with E-state index in [0.29, 0.717) is 12.0 Å². The molecule has 2 bridgehead atoms. The molecular formula is C18H24N4O. The fourth-order valence-electron chi connectivity index (χ4n) is 4.24. The van der Waals surface area contributed by atoms with Gasteiger partial charge >= 0.3 is 0 Å². The Bertz CT molecular complexity index is 763. The average molecular weight is 312 g/mol. The number of aryl methyl sites for hydroxylation is 1. The van der Waals surface area contributed by atoms with Crippen LogP contribution >= 0.6 is 0 Å². The van der Waals surface area contributed by atoms with Crippen molar-refractivity contribution in [2.24, 2.45) is 11.8 Å². The number of fused-ring (bicyclic) bond motifs is 3. The van der Waals surface area contributed by atoms with Crippen LogP contribution in [0.15, 0.2) is 24.5 Å². The highest BCUT2D eigenvalue weighted by molar-refractivity contribution is 5.80. The number of hydrogen-bond donors (Lipinski definition) is 2. The summed E-state index contributed by atoms with van der Waals surface area (Å²) in [7, 11) is 0. The van der Waals surface area contributed by atoms with Crippen LogP contribution < -0.4 is 10.6 Å². The monoisotopic (exact) mass is 312 g/mol. The van der Waals surface area contributed by atoms with Gasteiger partial charge in [0.25, 0.3) is 0 Å². The number of nitrogens with zero attached hydrogens (tertiary/aromatic N) is 2. The fourth-order valence-corrected chi connectivity index (χ4v) is 4.24. The summed E-state index contributed by atoms with van der Waals surface area (Å²) in [6.45, 7) is 7.13. The van der Waals surface area contributed by atoms with Gasteiger partial charge < -0.3 is 15.0 Å². The summed E-state index contributed by atoms with van der Waals surface area (Å²) < 4.78 is 2.08. The number of rotatable bonds is 3. The van der Waals surface area contributed by atoms with Crippen molar-refractivity contribution in [3.05, 3.63) is 35.9 Å². The summed E-state index contributed by atoms with van der Waals surface area (Å²) >= 11 is 0. The fraction of sp³-hybridized carbons (Fsp3) is 0.556. The summed E-state index contributed by atoms with van der Waals surface area (Å²) in [5, 5.41) is 6.71. The molecule has 4 rings (SSSR count). The number of pyridine rings is 1. The van der Waals surface area contributed by atoms with E-state index in [1.165, 1.54) is 5.56 Å². The summed E-state index contributed by atoms with van der Waals surface area (Å²) in [6.07, 6.45) is 6.01. The van der Waals surface area contributed by atoms with Crippen LogP contribution in [0.25, 0.3) is 5.52 Å². The molecule has 1 aliphatic heterocycles. The van der Waals surface area contributed by atoms with E-state index in [9.17, 15) is 4.79 Å². The number of carbonyl (C=O) groups is 1. The van der Waals surface area contributed by atoms with E-state index in [1.54, 1.807) is 0 Å². The maximum Gasteiger partial charge on any atom is 0.224 e. The first-order valence-corrected chi connectivity index (χ1v) is 8.44. The topological polar surface area (TPSA) is 58.4 Å². The molecule has 1 saturated heterocycles. The predicted octanol–water partition coefficient (Wildman–Crippen LogP) is 1.99. The SMILES string of the molecule is Cc1cccn2c(C(C)(C)NC(=O)C3CC4CC3CN4)ncc12. The van der Waals surface area contributed by atoms with Crippen molar-refractivity contribution in [2.45, 2.75) is 45.2 Å². The normalized spacial score (nSPS) is 26.8. The van der Waals surface area contributed by atoms with E-state index < -0.39 is 5.54 Å². The van der Waals surface area contributed by atoms with Gasteiger partial charge in [-0.15, -0.1) is 0 Å². The van der Waals surface area contributed by atoms with Crippen LogP contribution in [0.4, 0.5) is 0 Å². The van der Waals surface area contributed by atoms with Crippen molar-refractivity contribution in [1.82, 2.24) is 20.0 Å². The number of piperidine rings is 1. The lowest BCUT2D eigenvalue weighted by molar-refractivity contribution is -0.128. The highest BCUT2D eigenvalue weighted by Gasteiger charge is 2.44. The minimum absolute atomic E-state index is 0.147. The highest BCUT2D eigenvalue weighted by Crippen LogP contribution is 2.37. The van der Waals surface area contributed by atoms with Gasteiger partial charge in [-0.25, -0.2) is 4.98 Å². The molecule has 1 amide bonds. The summed E-state index contributed by atoms with van der Waals surface area (Å²) in [4.78, 5) is 17.4. The van der Waals surface area contributed by atoms with E-state index >= 15 is 0 Å². The smallest absolute Gasteiger partial charge is 0.224 e. The molecule has 5 nitrogen and oxygen atoms in total. The Balaban J connectivity index is 1.59. The van der Waals surface area contributed by atoms with Gasteiger partial charge in [-0.3, -0.25) is 4.79 Å². The average Bonchev–Trinajstić information content (AvgIpc) is 3.21. The zero-order valence-corrected chi connectivity index (χ0v) is 14.0. The largest absolute Gasteiger partial charge is 0.344 e. The van der Waals surface area contributed by atoms with E-state index in [-0.39, 0.29) is 11.8 Å². The number of nitrogens with one attached hydrogen (secondary N) is 2. The third-order valence-electron chi connectivity index (χ3n) is 5.48. The van der Waals surface area contributed by atoms with Crippen LogP contribution in [-0.4, -0.2) is 27.9 Å². The van der Waals surface area contributed by atoms with Crippen LogP contribution in [-0.2, 0) is 10.3 Å². The van der Waals surface area contributed by atoms with Crippen molar-refractivity contribution in [3.8, 4) is 0 Å².